The largest absolute Gasteiger partial charge is 0.348 e. The van der Waals surface area contributed by atoms with Crippen LogP contribution >= 0.6 is 0 Å². The van der Waals surface area contributed by atoms with Crippen molar-refractivity contribution in [1.82, 2.24) is 19.9 Å². The summed E-state index contributed by atoms with van der Waals surface area (Å²) in [4.78, 5) is 54.9. The normalized spacial score (nSPS) is 22.6. The van der Waals surface area contributed by atoms with E-state index in [2.05, 4.69) is 19.9 Å². The molecule has 3 saturated heterocycles. The lowest BCUT2D eigenvalue weighted by molar-refractivity contribution is -0.139. The number of aromatic nitrogens is 3. The van der Waals surface area contributed by atoms with Crippen molar-refractivity contribution in [3.63, 3.8) is 0 Å². The zero-order chi connectivity index (χ0) is 39.2. The molecule has 0 aromatic carbocycles. The number of nitrogens with zero attached hydrogens (tertiary/aromatic N) is 4. The number of carbonyl (C=O) groups is 3. The highest BCUT2D eigenvalue weighted by molar-refractivity contribution is 5.96. The molecule has 13 nitrogen and oxygen atoms in total. The van der Waals surface area contributed by atoms with Gasteiger partial charge in [0.25, 0.3) is 0 Å². The number of hydrogen-bond acceptors (Lipinski definition) is 13. The molecule has 3 aromatic heterocycles. The van der Waals surface area contributed by atoms with E-state index in [-0.39, 0.29) is 35.7 Å². The van der Waals surface area contributed by atoms with E-state index in [1.807, 2.05) is 77.9 Å². The van der Waals surface area contributed by atoms with Gasteiger partial charge in [-0.2, -0.15) is 0 Å². The van der Waals surface area contributed by atoms with Crippen LogP contribution in [0.2, 0.25) is 0 Å². The molecule has 3 fully saturated rings. The van der Waals surface area contributed by atoms with E-state index in [0.717, 1.165) is 17.1 Å². The third-order valence-electron chi connectivity index (χ3n) is 9.88. The van der Waals surface area contributed by atoms with Gasteiger partial charge in [0, 0.05) is 74.2 Å². The molecular weight excluding hydrogens is 704 g/mol. The van der Waals surface area contributed by atoms with E-state index in [1.165, 1.54) is 0 Å². The lowest BCUT2D eigenvalue weighted by Crippen LogP contribution is -2.24. The Hall–Kier alpha value is -3.82. The lowest BCUT2D eigenvalue weighted by Gasteiger charge is -2.22. The van der Waals surface area contributed by atoms with E-state index < -0.39 is 17.4 Å². The molecule has 3 aromatic rings. The number of rotatable bonds is 18. The molecule has 55 heavy (non-hydrogen) atoms. The number of ether oxygens (including phenoxy) is 6. The van der Waals surface area contributed by atoms with Crippen LogP contribution in [0.3, 0.4) is 0 Å². The molecule has 6 rings (SSSR count). The molecule has 3 aliphatic heterocycles. The number of pyridine rings is 3. The topological polar surface area (TPSA) is 148 Å². The summed E-state index contributed by atoms with van der Waals surface area (Å²) in [6.07, 6.45) is 7.31. The summed E-state index contributed by atoms with van der Waals surface area (Å²) in [7, 11) is 0. The highest BCUT2D eigenvalue weighted by Crippen LogP contribution is 2.28. The van der Waals surface area contributed by atoms with Crippen LogP contribution in [-0.4, -0.2) is 92.7 Å². The molecule has 13 heteroatoms. The van der Waals surface area contributed by atoms with Gasteiger partial charge in [-0.25, -0.2) is 0 Å². The summed E-state index contributed by atoms with van der Waals surface area (Å²) in [5.74, 6) is -1.86. The molecule has 0 radical (unpaired) electrons. The Balaban J connectivity index is 1.08. The Bertz CT molecular complexity index is 1570. The quantitative estimate of drug-likeness (QED) is 0.132. The number of hydrogen-bond donors (Lipinski definition) is 0. The van der Waals surface area contributed by atoms with Gasteiger partial charge in [-0.15, -0.1) is 0 Å². The van der Waals surface area contributed by atoms with Gasteiger partial charge in [0.1, 0.15) is 0 Å². The molecule has 0 N–H and O–H groups in total. The van der Waals surface area contributed by atoms with Crippen LogP contribution in [0.4, 0.5) is 0 Å². The SMILES string of the molecule is CC1(C)OC[C@H](CCC(=O)c2ccc(CN(Cc3ccc(C(=O)CC[C@H]4COC(C)(C)O4)cn3)Cc3ccc(C(=O)CC[C@H]4COC(C)(C)O4)cn3)nc2)O1. The summed E-state index contributed by atoms with van der Waals surface area (Å²) < 4.78 is 34.4. The van der Waals surface area contributed by atoms with Crippen LogP contribution in [0.5, 0.6) is 0 Å². The fourth-order valence-corrected chi connectivity index (χ4v) is 6.93. The maximum Gasteiger partial charge on any atom is 0.164 e. The summed E-state index contributed by atoms with van der Waals surface area (Å²) in [5.41, 5.74) is 3.95. The van der Waals surface area contributed by atoms with Crippen LogP contribution in [0, 0.1) is 0 Å². The smallest absolute Gasteiger partial charge is 0.164 e. The van der Waals surface area contributed by atoms with E-state index >= 15 is 0 Å². The first-order valence-corrected chi connectivity index (χ1v) is 19.2. The standard InChI is InChI=1S/C42H54N4O9/c1-40(2)50-25-34(53-40)13-16-37(47)28-7-10-31(43-19-28)22-46(23-32-11-8-29(20-44-32)38(48)17-14-35-26-51-41(3,4)54-35)24-33-12-9-30(21-45-33)39(49)18-15-36-27-52-42(5,6)55-36/h7-12,19-21,34-36H,13-18,22-27H2,1-6H3/t34-,35-,36-/m0/s1. The minimum Gasteiger partial charge on any atom is -0.348 e. The number of carbonyl (C=O) groups excluding carboxylic acids is 3. The second kappa shape index (κ2) is 17.5. The van der Waals surface area contributed by atoms with Crippen molar-refractivity contribution in [2.45, 2.75) is 135 Å². The highest BCUT2D eigenvalue weighted by Gasteiger charge is 2.34. The average Bonchev–Trinajstić information content (AvgIpc) is 3.82. The van der Waals surface area contributed by atoms with Crippen LogP contribution in [0.1, 0.15) is 128 Å². The summed E-state index contributed by atoms with van der Waals surface area (Å²) in [6, 6.07) is 11.0. The molecule has 3 aliphatic rings. The third-order valence-corrected chi connectivity index (χ3v) is 9.88. The Labute approximate surface area is 323 Å². The molecule has 3 atom stereocenters. The van der Waals surface area contributed by atoms with Gasteiger partial charge < -0.3 is 28.4 Å². The van der Waals surface area contributed by atoms with Crippen molar-refractivity contribution >= 4 is 17.3 Å². The molecule has 296 valence electrons. The molecule has 0 spiro atoms. The van der Waals surface area contributed by atoms with Gasteiger partial charge in [0.05, 0.1) is 55.2 Å². The molecule has 0 amide bonds. The van der Waals surface area contributed by atoms with E-state index in [4.69, 9.17) is 28.4 Å². The fraction of sp³-hybridized carbons (Fsp3) is 0.571. The van der Waals surface area contributed by atoms with Crippen LogP contribution in [-0.2, 0) is 48.1 Å². The van der Waals surface area contributed by atoms with Crippen LogP contribution in [0.15, 0.2) is 55.0 Å². The maximum absolute atomic E-state index is 13.0. The Kier molecular flexibility index (Phi) is 13.0. The lowest BCUT2D eigenvalue weighted by atomic mass is 10.1. The second-order valence-corrected chi connectivity index (χ2v) is 16.0. The van der Waals surface area contributed by atoms with Gasteiger partial charge in [0.2, 0.25) is 0 Å². The van der Waals surface area contributed by atoms with Crippen molar-refractivity contribution < 1.29 is 42.8 Å². The predicted molar refractivity (Wildman–Crippen MR) is 201 cm³/mol. The zero-order valence-corrected chi connectivity index (χ0v) is 32.9. The average molecular weight is 759 g/mol. The fourth-order valence-electron chi connectivity index (χ4n) is 6.93. The van der Waals surface area contributed by atoms with Crippen molar-refractivity contribution in [3.05, 3.63) is 88.8 Å². The Morgan fingerprint density at radius 3 is 1.04 bits per heavy atom. The number of Topliss-reactive ketones (excluding diaryl/α,β-unsaturated/α-hetero) is 3. The second-order valence-electron chi connectivity index (χ2n) is 16.0. The Morgan fingerprint density at radius 1 is 0.527 bits per heavy atom. The molecule has 6 heterocycles. The predicted octanol–water partition coefficient (Wildman–Crippen LogP) is 6.42. The Morgan fingerprint density at radius 2 is 0.818 bits per heavy atom. The van der Waals surface area contributed by atoms with E-state index in [9.17, 15) is 14.4 Å². The minimum absolute atomic E-state index is 0.00256. The summed E-state index contributed by atoms with van der Waals surface area (Å²) in [5, 5.41) is 0. The summed E-state index contributed by atoms with van der Waals surface area (Å²) >= 11 is 0. The minimum atomic E-state index is -0.621. The third kappa shape index (κ3) is 12.1. The highest BCUT2D eigenvalue weighted by atomic mass is 16.8. The van der Waals surface area contributed by atoms with Gasteiger partial charge in [-0.05, 0) is 97.2 Å². The monoisotopic (exact) mass is 758 g/mol. The van der Waals surface area contributed by atoms with Crippen molar-refractivity contribution in [2.75, 3.05) is 19.8 Å². The van der Waals surface area contributed by atoms with Gasteiger partial charge in [0.15, 0.2) is 34.7 Å². The number of ketones is 3. The molecule has 0 bridgehead atoms. The van der Waals surface area contributed by atoms with Gasteiger partial charge >= 0.3 is 0 Å². The van der Waals surface area contributed by atoms with Crippen molar-refractivity contribution in [2.24, 2.45) is 0 Å². The summed E-state index contributed by atoms with van der Waals surface area (Å²) in [6.45, 7) is 14.0. The first-order valence-electron chi connectivity index (χ1n) is 19.2. The zero-order valence-electron chi connectivity index (χ0n) is 32.9. The van der Waals surface area contributed by atoms with Gasteiger partial charge in [-0.1, -0.05) is 0 Å². The van der Waals surface area contributed by atoms with Crippen molar-refractivity contribution in [1.29, 1.82) is 0 Å². The maximum atomic E-state index is 13.0. The molecular formula is C42H54N4O9. The molecule has 0 unspecified atom stereocenters. The van der Waals surface area contributed by atoms with E-state index in [1.54, 1.807) is 18.6 Å². The van der Waals surface area contributed by atoms with Gasteiger partial charge in [-0.3, -0.25) is 34.2 Å². The van der Waals surface area contributed by atoms with Crippen LogP contribution in [0.25, 0.3) is 0 Å². The van der Waals surface area contributed by atoms with Crippen LogP contribution < -0.4 is 0 Å². The van der Waals surface area contributed by atoms with E-state index in [0.29, 0.717) is 94.7 Å². The first-order chi connectivity index (χ1) is 26.1. The van der Waals surface area contributed by atoms with Crippen molar-refractivity contribution in [3.8, 4) is 0 Å². The molecule has 0 saturated carbocycles. The molecule has 0 aliphatic carbocycles. The first kappa shape index (κ1) is 40.8.